The summed E-state index contributed by atoms with van der Waals surface area (Å²) < 4.78 is 14.6. The number of pyridine rings is 1. The smallest absolute Gasteiger partial charge is 0.227 e. The van der Waals surface area contributed by atoms with Crippen LogP contribution in [0.4, 0.5) is 0 Å². The highest BCUT2D eigenvalue weighted by molar-refractivity contribution is 6.11. The van der Waals surface area contributed by atoms with Crippen LogP contribution < -0.4 is 0 Å². The van der Waals surface area contributed by atoms with E-state index >= 15 is 0 Å². The molecule has 5 aromatic carbocycles. The Hall–Kier alpha value is -6.01. The predicted octanol–water partition coefficient (Wildman–Crippen LogP) is 9.46. The van der Waals surface area contributed by atoms with Crippen LogP contribution in [-0.4, -0.2) is 19.5 Å². The van der Waals surface area contributed by atoms with E-state index in [4.69, 9.17) is 18.8 Å². The summed E-state index contributed by atoms with van der Waals surface area (Å²) in [6.07, 6.45) is 1.82. The number of aromatic nitrogens is 4. The largest absolute Gasteiger partial charge is 0.436 e. The maximum absolute atomic E-state index is 6.14. The van der Waals surface area contributed by atoms with Gasteiger partial charge in [0.25, 0.3) is 0 Å². The fraction of sp³-hybridized carbons (Fsp3) is 0. The van der Waals surface area contributed by atoms with E-state index in [-0.39, 0.29) is 0 Å². The van der Waals surface area contributed by atoms with Crippen LogP contribution in [0.1, 0.15) is 0 Å². The Balaban J connectivity index is 1.25. The second-order valence-corrected chi connectivity index (χ2v) is 10.5. The molecule has 0 radical (unpaired) electrons. The van der Waals surface area contributed by atoms with E-state index in [1.807, 2.05) is 72.9 Å². The van der Waals surface area contributed by atoms with Crippen molar-refractivity contribution < 1.29 is 8.83 Å². The molecule has 202 valence electrons. The highest BCUT2D eigenvalue weighted by Gasteiger charge is 2.18. The van der Waals surface area contributed by atoms with Gasteiger partial charge >= 0.3 is 0 Å². The van der Waals surface area contributed by atoms with Gasteiger partial charge in [-0.15, -0.1) is 0 Å². The van der Waals surface area contributed by atoms with Gasteiger partial charge in [-0.3, -0.25) is 4.98 Å². The summed E-state index contributed by atoms with van der Waals surface area (Å²) in [5.41, 5.74) is 10.3. The van der Waals surface area contributed by atoms with E-state index in [2.05, 4.69) is 70.2 Å². The lowest BCUT2D eigenvalue weighted by molar-refractivity contribution is 0.619. The summed E-state index contributed by atoms with van der Waals surface area (Å²) in [6, 6.07) is 42.9. The quantitative estimate of drug-likeness (QED) is 0.217. The molecule has 0 bridgehead atoms. The molecule has 0 saturated heterocycles. The molecule has 4 aromatic heterocycles. The molecule has 0 aliphatic rings. The predicted molar refractivity (Wildman–Crippen MR) is 170 cm³/mol. The SMILES string of the molecule is c1ccc(-c2ccc(-n3c4ccc(-c5nc6ccccc6o5)cc4c4cc(-c5nc6ccccc6o5)ccc43)cc2)nc1. The van der Waals surface area contributed by atoms with E-state index in [0.717, 1.165) is 72.1 Å². The topological polar surface area (TPSA) is 69.9 Å². The molecule has 6 heteroatoms. The van der Waals surface area contributed by atoms with Crippen molar-refractivity contribution in [2.75, 3.05) is 0 Å². The maximum atomic E-state index is 6.14. The van der Waals surface area contributed by atoms with Crippen molar-refractivity contribution in [1.82, 2.24) is 19.5 Å². The lowest BCUT2D eigenvalue weighted by atomic mass is 10.1. The van der Waals surface area contributed by atoms with E-state index in [0.29, 0.717) is 11.8 Å². The maximum Gasteiger partial charge on any atom is 0.227 e. The Morgan fingerprint density at radius 3 is 1.56 bits per heavy atom. The lowest BCUT2D eigenvalue weighted by Gasteiger charge is -2.09. The number of para-hydroxylation sites is 4. The third kappa shape index (κ3) is 3.85. The molecule has 9 rings (SSSR count). The van der Waals surface area contributed by atoms with Gasteiger partial charge in [-0.25, -0.2) is 9.97 Å². The van der Waals surface area contributed by atoms with Crippen LogP contribution in [0.15, 0.2) is 142 Å². The standard InChI is InChI=1S/C37H22N4O2/c1-3-10-34-30(8-1)39-36(42-34)24-14-18-32-27(21-24)28-22-25(37-40-31-9-2-4-11-35(31)43-37)15-19-33(28)41(32)26-16-12-23(13-17-26)29-7-5-6-20-38-29/h1-22H. The first-order valence-corrected chi connectivity index (χ1v) is 14.1. The zero-order valence-corrected chi connectivity index (χ0v) is 22.8. The molecule has 9 aromatic rings. The van der Waals surface area contributed by atoms with Gasteiger partial charge in [0, 0.05) is 39.3 Å². The van der Waals surface area contributed by atoms with Gasteiger partial charge in [-0.1, -0.05) is 42.5 Å². The number of hydrogen-bond acceptors (Lipinski definition) is 5. The third-order valence-electron chi connectivity index (χ3n) is 7.93. The first-order chi connectivity index (χ1) is 21.3. The highest BCUT2D eigenvalue weighted by Crippen LogP contribution is 2.38. The molecule has 6 nitrogen and oxygen atoms in total. The second kappa shape index (κ2) is 9.26. The zero-order chi connectivity index (χ0) is 28.3. The molecule has 0 aliphatic heterocycles. The number of rotatable bonds is 4. The number of nitrogens with zero attached hydrogens (tertiary/aromatic N) is 4. The van der Waals surface area contributed by atoms with Gasteiger partial charge in [-0.2, -0.15) is 0 Å². The van der Waals surface area contributed by atoms with E-state index in [1.165, 1.54) is 0 Å². The average Bonchev–Trinajstić information content (AvgIpc) is 3.78. The van der Waals surface area contributed by atoms with Crippen molar-refractivity contribution in [2.24, 2.45) is 0 Å². The molecule has 0 N–H and O–H groups in total. The lowest BCUT2D eigenvalue weighted by Crippen LogP contribution is -1.94. The molecular weight excluding hydrogens is 532 g/mol. The molecule has 43 heavy (non-hydrogen) atoms. The van der Waals surface area contributed by atoms with Crippen molar-refractivity contribution >= 4 is 44.0 Å². The summed E-state index contributed by atoms with van der Waals surface area (Å²) in [7, 11) is 0. The van der Waals surface area contributed by atoms with Crippen molar-refractivity contribution in [3.8, 4) is 39.9 Å². The van der Waals surface area contributed by atoms with Gasteiger partial charge in [0.1, 0.15) is 11.0 Å². The van der Waals surface area contributed by atoms with Gasteiger partial charge in [-0.05, 0) is 84.9 Å². The molecule has 0 fully saturated rings. The number of oxazole rings is 2. The molecule has 0 aliphatic carbocycles. The molecule has 0 saturated carbocycles. The molecule has 4 heterocycles. The fourth-order valence-corrected chi connectivity index (χ4v) is 5.87. The summed E-state index contributed by atoms with van der Waals surface area (Å²) in [4.78, 5) is 14.0. The first-order valence-electron chi connectivity index (χ1n) is 14.1. The fourth-order valence-electron chi connectivity index (χ4n) is 5.87. The number of benzene rings is 5. The molecule has 0 spiro atoms. The van der Waals surface area contributed by atoms with Crippen molar-refractivity contribution in [1.29, 1.82) is 0 Å². The van der Waals surface area contributed by atoms with Gasteiger partial charge in [0.2, 0.25) is 11.8 Å². The van der Waals surface area contributed by atoms with Crippen molar-refractivity contribution in [2.45, 2.75) is 0 Å². The molecular formula is C37H22N4O2. The van der Waals surface area contributed by atoms with Crippen molar-refractivity contribution in [3.63, 3.8) is 0 Å². The molecule has 0 atom stereocenters. The average molecular weight is 555 g/mol. The minimum atomic E-state index is 0.596. The third-order valence-corrected chi connectivity index (χ3v) is 7.93. The minimum Gasteiger partial charge on any atom is -0.436 e. The molecule has 0 unspecified atom stereocenters. The van der Waals surface area contributed by atoms with Crippen LogP contribution in [0.5, 0.6) is 0 Å². The van der Waals surface area contributed by atoms with Crippen LogP contribution in [0.2, 0.25) is 0 Å². The Kier molecular flexibility index (Phi) is 5.10. The van der Waals surface area contributed by atoms with E-state index < -0.39 is 0 Å². The van der Waals surface area contributed by atoms with Crippen molar-refractivity contribution in [3.05, 3.63) is 134 Å². The van der Waals surface area contributed by atoms with Gasteiger partial charge < -0.3 is 13.4 Å². The molecule has 0 amide bonds. The highest BCUT2D eigenvalue weighted by atomic mass is 16.4. The minimum absolute atomic E-state index is 0.596. The Morgan fingerprint density at radius 1 is 0.488 bits per heavy atom. The van der Waals surface area contributed by atoms with Crippen LogP contribution in [0, 0.1) is 0 Å². The summed E-state index contributed by atoms with van der Waals surface area (Å²) in [5.74, 6) is 1.19. The summed E-state index contributed by atoms with van der Waals surface area (Å²) in [6.45, 7) is 0. The summed E-state index contributed by atoms with van der Waals surface area (Å²) >= 11 is 0. The van der Waals surface area contributed by atoms with Crippen LogP contribution in [0.25, 0.3) is 83.9 Å². The zero-order valence-electron chi connectivity index (χ0n) is 22.8. The van der Waals surface area contributed by atoms with E-state index in [9.17, 15) is 0 Å². The van der Waals surface area contributed by atoms with Gasteiger partial charge in [0.15, 0.2) is 11.2 Å². The normalized spacial score (nSPS) is 11.7. The Morgan fingerprint density at radius 2 is 1.02 bits per heavy atom. The second-order valence-electron chi connectivity index (χ2n) is 10.5. The Labute approximate surface area is 245 Å². The first kappa shape index (κ1) is 23.7. The van der Waals surface area contributed by atoms with E-state index in [1.54, 1.807) is 0 Å². The van der Waals surface area contributed by atoms with Crippen LogP contribution >= 0.6 is 0 Å². The number of hydrogen-bond donors (Lipinski definition) is 0. The van der Waals surface area contributed by atoms with Gasteiger partial charge in [0.05, 0.1) is 16.7 Å². The van der Waals surface area contributed by atoms with Crippen LogP contribution in [0.3, 0.4) is 0 Å². The summed E-state index contributed by atoms with van der Waals surface area (Å²) in [5, 5.41) is 2.17. The van der Waals surface area contributed by atoms with Crippen LogP contribution in [-0.2, 0) is 0 Å². The number of fused-ring (bicyclic) bond motifs is 5. The Bertz CT molecular complexity index is 2250. The monoisotopic (exact) mass is 554 g/mol.